The number of carbonyl (C=O) groups excluding carboxylic acids is 1. The zero-order valence-corrected chi connectivity index (χ0v) is 13.9. The van der Waals surface area contributed by atoms with E-state index >= 15 is 0 Å². The number of hydrogen-bond acceptors (Lipinski definition) is 2. The van der Waals surface area contributed by atoms with Gasteiger partial charge in [0.15, 0.2) is 0 Å². The zero-order chi connectivity index (χ0) is 15.3. The van der Waals surface area contributed by atoms with Crippen molar-refractivity contribution < 1.29 is 9.53 Å². The molecule has 2 bridgehead atoms. The van der Waals surface area contributed by atoms with Gasteiger partial charge in [-0.3, -0.25) is 0 Å². The SMILES string of the molecule is C=C(C)C1(OC(=O)N2CCCCC2)CC2C3CCC(C3)C2C1. The lowest BCUT2D eigenvalue weighted by atomic mass is 9.82. The quantitative estimate of drug-likeness (QED) is 0.708. The third-order valence-corrected chi connectivity index (χ3v) is 7.08. The van der Waals surface area contributed by atoms with Crippen LogP contribution < -0.4 is 0 Å². The molecule has 122 valence electrons. The van der Waals surface area contributed by atoms with Crippen LogP contribution in [0.2, 0.25) is 0 Å². The number of ether oxygens (including phenoxy) is 1. The average Bonchev–Trinajstić information content (AvgIpc) is 3.19. The number of nitrogens with zero attached hydrogens (tertiary/aromatic N) is 1. The first kappa shape index (κ1) is 14.6. The highest BCUT2D eigenvalue weighted by Gasteiger charge is 2.58. The Labute approximate surface area is 134 Å². The third kappa shape index (κ3) is 2.19. The van der Waals surface area contributed by atoms with E-state index in [-0.39, 0.29) is 11.7 Å². The van der Waals surface area contributed by atoms with Gasteiger partial charge in [-0.1, -0.05) is 6.58 Å². The molecular formula is C19H29NO2. The van der Waals surface area contributed by atoms with Gasteiger partial charge in [-0.15, -0.1) is 0 Å². The maximum atomic E-state index is 12.6. The maximum Gasteiger partial charge on any atom is 0.410 e. The molecule has 3 saturated carbocycles. The van der Waals surface area contributed by atoms with E-state index in [1.165, 1.54) is 25.7 Å². The Morgan fingerprint density at radius 1 is 1.09 bits per heavy atom. The van der Waals surface area contributed by atoms with Crippen molar-refractivity contribution >= 4 is 6.09 Å². The van der Waals surface area contributed by atoms with Gasteiger partial charge in [0.1, 0.15) is 5.60 Å². The molecule has 3 aliphatic carbocycles. The van der Waals surface area contributed by atoms with Gasteiger partial charge >= 0.3 is 6.09 Å². The lowest BCUT2D eigenvalue weighted by Gasteiger charge is -2.35. The van der Waals surface area contributed by atoms with Crippen LogP contribution in [-0.2, 0) is 4.74 Å². The normalized spacial score (nSPS) is 43.2. The number of carbonyl (C=O) groups is 1. The molecule has 4 atom stereocenters. The molecule has 0 aromatic heterocycles. The molecule has 0 spiro atoms. The van der Waals surface area contributed by atoms with Crippen LogP contribution in [0.15, 0.2) is 12.2 Å². The Bertz CT molecular complexity index is 462. The highest BCUT2D eigenvalue weighted by atomic mass is 16.6. The number of amides is 1. The Morgan fingerprint density at radius 2 is 1.68 bits per heavy atom. The van der Waals surface area contributed by atoms with Gasteiger partial charge in [-0.2, -0.15) is 0 Å². The van der Waals surface area contributed by atoms with E-state index in [4.69, 9.17) is 4.74 Å². The molecule has 3 heteroatoms. The number of hydrogen-bond donors (Lipinski definition) is 0. The van der Waals surface area contributed by atoms with Gasteiger partial charge < -0.3 is 9.64 Å². The fraction of sp³-hybridized carbons (Fsp3) is 0.842. The van der Waals surface area contributed by atoms with E-state index in [2.05, 4.69) is 13.5 Å². The summed E-state index contributed by atoms with van der Waals surface area (Å²) in [6, 6.07) is 0. The minimum atomic E-state index is -0.370. The van der Waals surface area contributed by atoms with Gasteiger partial charge in [-0.05, 0) is 87.5 Å². The summed E-state index contributed by atoms with van der Waals surface area (Å²) in [6.45, 7) is 8.00. The van der Waals surface area contributed by atoms with Crippen molar-refractivity contribution in [1.29, 1.82) is 0 Å². The second kappa shape index (κ2) is 5.28. The van der Waals surface area contributed by atoms with Crippen molar-refractivity contribution in [3.05, 3.63) is 12.2 Å². The fourth-order valence-corrected chi connectivity index (χ4v) is 5.84. The predicted octanol–water partition coefficient (Wildman–Crippen LogP) is 4.38. The molecule has 4 unspecified atom stereocenters. The number of rotatable bonds is 2. The Hall–Kier alpha value is -0.990. The first-order valence-corrected chi connectivity index (χ1v) is 9.23. The van der Waals surface area contributed by atoms with E-state index in [0.29, 0.717) is 0 Å². The van der Waals surface area contributed by atoms with Crippen LogP contribution in [0.4, 0.5) is 4.79 Å². The molecule has 0 N–H and O–H groups in total. The van der Waals surface area contributed by atoms with Crippen molar-refractivity contribution in [2.24, 2.45) is 23.7 Å². The van der Waals surface area contributed by atoms with Crippen molar-refractivity contribution in [3.63, 3.8) is 0 Å². The van der Waals surface area contributed by atoms with Gasteiger partial charge in [0.25, 0.3) is 0 Å². The molecule has 0 aromatic carbocycles. The van der Waals surface area contributed by atoms with Gasteiger partial charge in [0.2, 0.25) is 0 Å². The molecule has 4 aliphatic rings. The van der Waals surface area contributed by atoms with Crippen LogP contribution in [0.3, 0.4) is 0 Å². The van der Waals surface area contributed by atoms with Crippen LogP contribution in [-0.4, -0.2) is 29.7 Å². The van der Waals surface area contributed by atoms with Crippen molar-refractivity contribution in [2.75, 3.05) is 13.1 Å². The Kier molecular flexibility index (Phi) is 3.50. The van der Waals surface area contributed by atoms with Crippen molar-refractivity contribution in [2.45, 2.75) is 63.9 Å². The van der Waals surface area contributed by atoms with E-state index in [9.17, 15) is 4.79 Å². The second-order valence-electron chi connectivity index (χ2n) is 8.26. The van der Waals surface area contributed by atoms with Gasteiger partial charge in [0, 0.05) is 13.1 Å². The van der Waals surface area contributed by atoms with Gasteiger partial charge in [-0.25, -0.2) is 4.79 Å². The first-order valence-electron chi connectivity index (χ1n) is 9.23. The molecule has 0 aromatic rings. The maximum absolute atomic E-state index is 12.6. The molecule has 1 saturated heterocycles. The Morgan fingerprint density at radius 3 is 2.23 bits per heavy atom. The standard InChI is InChI=1S/C19H29NO2/c1-13(2)19(22-18(21)20-8-4-3-5-9-20)11-16-14-6-7-15(10-14)17(16)12-19/h14-17H,1,3-12H2,2H3. The molecule has 1 amide bonds. The van der Waals surface area contributed by atoms with Crippen LogP contribution in [0.5, 0.6) is 0 Å². The summed E-state index contributed by atoms with van der Waals surface area (Å²) >= 11 is 0. The van der Waals surface area contributed by atoms with E-state index in [1.807, 2.05) is 4.90 Å². The first-order chi connectivity index (χ1) is 10.6. The summed E-state index contributed by atoms with van der Waals surface area (Å²) in [5.41, 5.74) is 0.692. The molecule has 22 heavy (non-hydrogen) atoms. The number of likely N-dealkylation sites (tertiary alicyclic amines) is 1. The minimum absolute atomic E-state index is 0.0879. The van der Waals surface area contributed by atoms with Crippen LogP contribution in [0.1, 0.15) is 58.3 Å². The Balaban J connectivity index is 1.49. The van der Waals surface area contributed by atoms with Crippen LogP contribution in [0, 0.1) is 23.7 Å². The summed E-state index contributed by atoms with van der Waals surface area (Å²) in [6.07, 6.45) is 9.69. The third-order valence-electron chi connectivity index (χ3n) is 7.08. The summed E-state index contributed by atoms with van der Waals surface area (Å²) in [4.78, 5) is 14.5. The van der Waals surface area contributed by atoms with E-state index < -0.39 is 0 Å². The van der Waals surface area contributed by atoms with E-state index in [1.54, 1.807) is 0 Å². The monoisotopic (exact) mass is 303 g/mol. The molecule has 0 radical (unpaired) electrons. The predicted molar refractivity (Wildman–Crippen MR) is 86.5 cm³/mol. The molecule has 3 nitrogen and oxygen atoms in total. The summed E-state index contributed by atoms with van der Waals surface area (Å²) in [5.74, 6) is 3.35. The fourth-order valence-electron chi connectivity index (χ4n) is 5.84. The van der Waals surface area contributed by atoms with Gasteiger partial charge in [0.05, 0.1) is 0 Å². The van der Waals surface area contributed by atoms with Crippen molar-refractivity contribution in [3.8, 4) is 0 Å². The highest BCUT2D eigenvalue weighted by Crippen LogP contribution is 2.62. The topological polar surface area (TPSA) is 29.5 Å². The average molecular weight is 303 g/mol. The van der Waals surface area contributed by atoms with Crippen molar-refractivity contribution in [1.82, 2.24) is 4.90 Å². The smallest absolute Gasteiger partial charge is 0.410 e. The summed E-state index contributed by atoms with van der Waals surface area (Å²) in [5, 5.41) is 0. The van der Waals surface area contributed by atoms with Crippen LogP contribution >= 0.6 is 0 Å². The summed E-state index contributed by atoms with van der Waals surface area (Å²) in [7, 11) is 0. The highest BCUT2D eigenvalue weighted by molar-refractivity contribution is 5.68. The lowest BCUT2D eigenvalue weighted by molar-refractivity contribution is 0.00806. The molecule has 4 rings (SSSR count). The number of fused-ring (bicyclic) bond motifs is 5. The zero-order valence-electron chi connectivity index (χ0n) is 13.9. The molecular weight excluding hydrogens is 274 g/mol. The summed E-state index contributed by atoms with van der Waals surface area (Å²) < 4.78 is 6.15. The molecule has 1 aliphatic heterocycles. The molecule has 4 fully saturated rings. The lowest BCUT2D eigenvalue weighted by Crippen LogP contribution is -2.43. The number of piperidine rings is 1. The molecule has 1 heterocycles. The minimum Gasteiger partial charge on any atom is -0.438 e. The second-order valence-corrected chi connectivity index (χ2v) is 8.26. The van der Waals surface area contributed by atoms with Crippen LogP contribution in [0.25, 0.3) is 0 Å². The largest absolute Gasteiger partial charge is 0.438 e. The van der Waals surface area contributed by atoms with E-state index in [0.717, 1.165) is 68.0 Å².